The first-order chi connectivity index (χ1) is 15.1. The van der Waals surface area contributed by atoms with Gasteiger partial charge >= 0.3 is 0 Å². The van der Waals surface area contributed by atoms with Crippen LogP contribution in [0.3, 0.4) is 0 Å². The second kappa shape index (κ2) is 8.68. The van der Waals surface area contributed by atoms with E-state index in [9.17, 15) is 14.4 Å². The minimum atomic E-state index is -0.563. The topological polar surface area (TPSA) is 91.0 Å². The van der Waals surface area contributed by atoms with Crippen molar-refractivity contribution in [2.24, 2.45) is 5.92 Å². The molecule has 4 aliphatic heterocycles. The van der Waals surface area contributed by atoms with Crippen LogP contribution in [-0.2, 0) is 27.4 Å². The molecular formula is C23H30N4O4. The Bertz CT molecular complexity index is 878. The molecule has 1 aromatic carbocycles. The van der Waals surface area contributed by atoms with Gasteiger partial charge in [-0.1, -0.05) is 12.1 Å². The number of carbonyl (C=O) groups is 3. The van der Waals surface area contributed by atoms with E-state index in [0.717, 1.165) is 63.4 Å². The molecule has 3 amide bonds. The minimum Gasteiger partial charge on any atom is -0.381 e. The Labute approximate surface area is 182 Å². The van der Waals surface area contributed by atoms with Gasteiger partial charge in [0.15, 0.2) is 0 Å². The van der Waals surface area contributed by atoms with Crippen LogP contribution in [0.1, 0.15) is 47.2 Å². The van der Waals surface area contributed by atoms with Crippen molar-refractivity contribution in [1.29, 1.82) is 0 Å². The third-order valence-electron chi connectivity index (χ3n) is 7.09. The molecule has 31 heavy (non-hydrogen) atoms. The Morgan fingerprint density at radius 3 is 2.61 bits per heavy atom. The van der Waals surface area contributed by atoms with Gasteiger partial charge in [-0.05, 0) is 42.4 Å². The van der Waals surface area contributed by atoms with Gasteiger partial charge in [0.05, 0.1) is 0 Å². The number of piperidine rings is 1. The van der Waals surface area contributed by atoms with Crippen molar-refractivity contribution in [3.63, 3.8) is 0 Å². The molecule has 8 nitrogen and oxygen atoms in total. The van der Waals surface area contributed by atoms with Gasteiger partial charge in [0.25, 0.3) is 5.91 Å². The maximum Gasteiger partial charge on any atom is 0.255 e. The largest absolute Gasteiger partial charge is 0.381 e. The van der Waals surface area contributed by atoms with Gasteiger partial charge in [-0.15, -0.1) is 0 Å². The number of nitrogens with one attached hydrogen (secondary N) is 2. The number of rotatable bonds is 6. The van der Waals surface area contributed by atoms with Gasteiger partial charge in [-0.25, -0.2) is 0 Å². The first-order valence-electron chi connectivity index (χ1n) is 11.4. The maximum absolute atomic E-state index is 13.1. The molecule has 1 unspecified atom stereocenters. The second-order valence-corrected chi connectivity index (χ2v) is 9.19. The molecule has 2 N–H and O–H groups in total. The fraction of sp³-hybridized carbons (Fsp3) is 0.609. The van der Waals surface area contributed by atoms with Crippen LogP contribution >= 0.6 is 0 Å². The highest BCUT2D eigenvalue weighted by Crippen LogP contribution is 2.29. The van der Waals surface area contributed by atoms with Crippen molar-refractivity contribution in [3.05, 3.63) is 34.9 Å². The fourth-order valence-electron chi connectivity index (χ4n) is 5.07. The number of hydrogen-bond donors (Lipinski definition) is 2. The number of amides is 3. The fourth-order valence-corrected chi connectivity index (χ4v) is 5.07. The average molecular weight is 427 g/mol. The van der Waals surface area contributed by atoms with Crippen LogP contribution < -0.4 is 10.6 Å². The van der Waals surface area contributed by atoms with Gasteiger partial charge in [0.1, 0.15) is 6.04 Å². The minimum absolute atomic E-state index is 0.104. The number of carbonyl (C=O) groups excluding carboxylic acids is 3. The number of nitrogens with zero attached hydrogens (tertiary/aromatic N) is 2. The number of fused-ring (bicyclic) bond motifs is 1. The molecule has 1 aromatic rings. The number of hydrogen-bond acceptors (Lipinski definition) is 6. The van der Waals surface area contributed by atoms with Crippen molar-refractivity contribution < 1.29 is 19.1 Å². The summed E-state index contributed by atoms with van der Waals surface area (Å²) < 4.78 is 5.52. The number of ether oxygens (including phenoxy) is 1. The molecule has 4 aliphatic rings. The normalized spacial score (nSPS) is 25.0. The standard InChI is InChI=1S/C23H30N4O4/c28-21-4-3-20(22(29)25-21)27-14-17-2-1-16(9-19(17)23(27)30)13-26(18-10-24-11-18)12-15-5-7-31-8-6-15/h1-2,9,15,18,20,24H,3-8,10-14H2,(H,25,28,29). The lowest BCUT2D eigenvalue weighted by molar-refractivity contribution is -0.136. The van der Waals surface area contributed by atoms with E-state index in [2.05, 4.69) is 21.6 Å². The lowest BCUT2D eigenvalue weighted by Crippen LogP contribution is -2.57. The summed E-state index contributed by atoms with van der Waals surface area (Å²) in [5.74, 6) is -0.0680. The molecular weight excluding hydrogens is 396 g/mol. The van der Waals surface area contributed by atoms with Crippen LogP contribution in [0.15, 0.2) is 18.2 Å². The summed E-state index contributed by atoms with van der Waals surface area (Å²) in [5, 5.41) is 5.74. The summed E-state index contributed by atoms with van der Waals surface area (Å²) in [6, 6.07) is 6.12. The smallest absolute Gasteiger partial charge is 0.255 e. The molecule has 8 heteroatoms. The third-order valence-corrected chi connectivity index (χ3v) is 7.09. The van der Waals surface area contributed by atoms with Crippen LogP contribution in [0.25, 0.3) is 0 Å². The first-order valence-corrected chi connectivity index (χ1v) is 11.4. The number of benzene rings is 1. The zero-order chi connectivity index (χ0) is 21.4. The predicted octanol–water partition coefficient (Wildman–Crippen LogP) is 0.648. The van der Waals surface area contributed by atoms with Gasteiger partial charge in [0, 0.05) is 64.0 Å². The molecule has 3 saturated heterocycles. The summed E-state index contributed by atoms with van der Waals surface area (Å²) in [6.07, 6.45) is 2.89. The van der Waals surface area contributed by atoms with Gasteiger partial charge in [0.2, 0.25) is 11.8 Å². The maximum atomic E-state index is 13.1. The van der Waals surface area contributed by atoms with Gasteiger partial charge in [-0.3, -0.25) is 24.6 Å². The highest BCUT2D eigenvalue weighted by Gasteiger charge is 2.39. The molecule has 4 heterocycles. The first kappa shape index (κ1) is 20.6. The van der Waals surface area contributed by atoms with Crippen molar-refractivity contribution in [1.82, 2.24) is 20.4 Å². The summed E-state index contributed by atoms with van der Waals surface area (Å²) in [4.78, 5) is 41.0. The highest BCUT2D eigenvalue weighted by atomic mass is 16.5. The van der Waals surface area contributed by atoms with E-state index in [0.29, 0.717) is 30.5 Å². The zero-order valence-electron chi connectivity index (χ0n) is 17.8. The van der Waals surface area contributed by atoms with E-state index in [1.165, 1.54) is 0 Å². The summed E-state index contributed by atoms with van der Waals surface area (Å²) >= 11 is 0. The molecule has 0 saturated carbocycles. The molecule has 0 bridgehead atoms. The summed E-state index contributed by atoms with van der Waals surface area (Å²) in [5.41, 5.74) is 2.79. The lowest BCUT2D eigenvalue weighted by atomic mass is 9.97. The Hall–Kier alpha value is -2.29. The van der Waals surface area contributed by atoms with Crippen LogP contribution in [-0.4, -0.2) is 72.5 Å². The SMILES string of the molecule is O=C1CCC(N2Cc3ccc(CN(CC4CCOCC4)C4CNC4)cc3C2=O)C(=O)N1. The third kappa shape index (κ3) is 4.24. The van der Waals surface area contributed by atoms with Crippen LogP contribution in [0.4, 0.5) is 0 Å². The molecule has 0 aliphatic carbocycles. The van der Waals surface area contributed by atoms with Crippen LogP contribution in [0, 0.1) is 5.92 Å². The number of imide groups is 1. The molecule has 5 rings (SSSR count). The Kier molecular flexibility index (Phi) is 5.77. The van der Waals surface area contributed by atoms with E-state index in [1.807, 2.05) is 12.1 Å². The van der Waals surface area contributed by atoms with Crippen molar-refractivity contribution >= 4 is 17.7 Å². The van der Waals surface area contributed by atoms with E-state index in [4.69, 9.17) is 4.74 Å². The predicted molar refractivity (Wildman–Crippen MR) is 113 cm³/mol. The van der Waals surface area contributed by atoms with Crippen LogP contribution in [0.5, 0.6) is 0 Å². The van der Waals surface area contributed by atoms with Crippen molar-refractivity contribution in [2.45, 2.75) is 50.9 Å². The summed E-state index contributed by atoms with van der Waals surface area (Å²) in [6.45, 7) is 6.04. The van der Waals surface area contributed by atoms with E-state index < -0.39 is 6.04 Å². The molecule has 3 fully saturated rings. The Morgan fingerprint density at radius 2 is 1.90 bits per heavy atom. The Morgan fingerprint density at radius 1 is 1.10 bits per heavy atom. The van der Waals surface area contributed by atoms with Crippen molar-refractivity contribution in [2.75, 3.05) is 32.8 Å². The Balaban J connectivity index is 1.29. The van der Waals surface area contributed by atoms with E-state index in [1.54, 1.807) is 4.90 Å². The van der Waals surface area contributed by atoms with Crippen molar-refractivity contribution in [3.8, 4) is 0 Å². The van der Waals surface area contributed by atoms with E-state index >= 15 is 0 Å². The molecule has 166 valence electrons. The molecule has 0 aromatic heterocycles. The summed E-state index contributed by atoms with van der Waals surface area (Å²) in [7, 11) is 0. The second-order valence-electron chi connectivity index (χ2n) is 9.19. The van der Waals surface area contributed by atoms with E-state index in [-0.39, 0.29) is 24.1 Å². The highest BCUT2D eigenvalue weighted by molar-refractivity contribution is 6.05. The quantitative estimate of drug-likeness (QED) is 0.649. The lowest BCUT2D eigenvalue weighted by Gasteiger charge is -2.40. The molecule has 1 atom stereocenters. The molecule has 0 spiro atoms. The zero-order valence-corrected chi connectivity index (χ0v) is 17.8. The van der Waals surface area contributed by atoms with Gasteiger partial charge in [-0.2, -0.15) is 0 Å². The monoisotopic (exact) mass is 426 g/mol. The molecule has 0 radical (unpaired) electrons. The van der Waals surface area contributed by atoms with Gasteiger partial charge < -0.3 is 15.0 Å². The average Bonchev–Trinajstić information content (AvgIpc) is 3.03. The van der Waals surface area contributed by atoms with Crippen LogP contribution in [0.2, 0.25) is 0 Å².